The smallest absolute Gasteiger partial charge is 0.354 e. The number of piperidine rings is 1. The van der Waals surface area contributed by atoms with Gasteiger partial charge in [-0.3, -0.25) is 4.79 Å². The van der Waals surface area contributed by atoms with Crippen LogP contribution in [-0.4, -0.2) is 83.2 Å². The van der Waals surface area contributed by atoms with Gasteiger partial charge in [0.05, 0.1) is 6.61 Å². The number of nitrogens with one attached hydrogen (secondary N) is 2. The van der Waals surface area contributed by atoms with E-state index in [9.17, 15) is 19.5 Å². The summed E-state index contributed by atoms with van der Waals surface area (Å²) in [6.07, 6.45) is 2.55. The number of pyridine rings is 1. The van der Waals surface area contributed by atoms with Crippen LogP contribution >= 0.6 is 11.3 Å². The largest absolute Gasteiger partial charge is 0.477 e. The minimum Gasteiger partial charge on any atom is -0.477 e. The van der Waals surface area contributed by atoms with Gasteiger partial charge in [-0.05, 0) is 74.1 Å². The lowest BCUT2D eigenvalue weighted by molar-refractivity contribution is 0.0687. The van der Waals surface area contributed by atoms with Crippen LogP contribution in [0, 0.1) is 6.92 Å². The first-order chi connectivity index (χ1) is 17.7. The number of aryl methyl sites for hydroxylation is 1. The van der Waals surface area contributed by atoms with E-state index in [1.165, 1.54) is 6.07 Å². The van der Waals surface area contributed by atoms with E-state index >= 15 is 0 Å². The number of hydrogen-bond donors (Lipinski definition) is 3. The molecule has 37 heavy (non-hydrogen) atoms. The first-order valence-electron chi connectivity index (χ1n) is 12.6. The van der Waals surface area contributed by atoms with E-state index in [4.69, 9.17) is 4.74 Å². The Kier molecular flexibility index (Phi) is 10.3. The van der Waals surface area contributed by atoms with Gasteiger partial charge in [0.25, 0.3) is 5.91 Å². The predicted molar refractivity (Wildman–Crippen MR) is 142 cm³/mol. The number of carbonyl (C=O) groups excluding carboxylic acids is 2. The average Bonchev–Trinajstić information content (AvgIpc) is 3.40. The molecule has 11 heteroatoms. The summed E-state index contributed by atoms with van der Waals surface area (Å²) in [4.78, 5) is 45.1. The van der Waals surface area contributed by atoms with Crippen LogP contribution in [0.15, 0.2) is 22.9 Å². The third-order valence-corrected chi connectivity index (χ3v) is 7.46. The van der Waals surface area contributed by atoms with Crippen LogP contribution in [0.3, 0.4) is 0 Å². The van der Waals surface area contributed by atoms with Crippen molar-refractivity contribution in [3.05, 3.63) is 45.3 Å². The van der Waals surface area contributed by atoms with Gasteiger partial charge in [0.15, 0.2) is 5.69 Å². The number of likely N-dealkylation sites (tertiary alicyclic amines) is 1. The number of nitrogens with zero attached hydrogens (tertiary/aromatic N) is 3. The molecule has 10 nitrogen and oxygen atoms in total. The number of carbonyl (C=O) groups is 3. The highest BCUT2D eigenvalue weighted by molar-refractivity contribution is 7.07. The molecule has 2 aromatic heterocycles. The number of rotatable bonds is 11. The molecule has 3 rings (SSSR count). The summed E-state index contributed by atoms with van der Waals surface area (Å²) in [5.41, 5.74) is 1.77. The molecule has 2 aromatic rings. The second-order valence-corrected chi connectivity index (χ2v) is 10.00. The van der Waals surface area contributed by atoms with Crippen LogP contribution in [0.1, 0.15) is 65.1 Å². The third-order valence-electron chi connectivity index (χ3n) is 6.73. The molecule has 1 aliphatic rings. The zero-order chi connectivity index (χ0) is 26.9. The molecule has 202 valence electrons. The van der Waals surface area contributed by atoms with Crippen molar-refractivity contribution in [3.63, 3.8) is 0 Å². The Balaban J connectivity index is 1.52. The minimum absolute atomic E-state index is 0.0376. The van der Waals surface area contributed by atoms with Crippen molar-refractivity contribution in [2.75, 3.05) is 33.3 Å². The molecule has 0 aromatic carbocycles. The summed E-state index contributed by atoms with van der Waals surface area (Å²) < 4.78 is 5.46. The lowest BCUT2D eigenvalue weighted by Crippen LogP contribution is -2.51. The third kappa shape index (κ3) is 7.42. The van der Waals surface area contributed by atoms with Crippen LogP contribution < -0.4 is 15.4 Å². The topological polar surface area (TPSA) is 124 Å². The molecule has 0 aliphatic carbocycles. The van der Waals surface area contributed by atoms with E-state index < -0.39 is 5.97 Å². The Morgan fingerprint density at radius 1 is 1.32 bits per heavy atom. The standard InChI is InChI=1S/C26H37N5O5S/c1-5-36-24-22(17(2)14-21(29-24)25(33)34)23(32)28-10-6-18(3)30-11-7-20(8-12-30)31(26(35)27-4)15-19-9-13-37-16-19/h9,13-14,16,18,20H,5-8,10-12,15H2,1-4H3,(H,27,35)(H,28,32)(H,33,34). The summed E-state index contributed by atoms with van der Waals surface area (Å²) in [5.74, 6) is -1.46. The Morgan fingerprint density at radius 2 is 2.05 bits per heavy atom. The Labute approximate surface area is 222 Å². The Morgan fingerprint density at radius 3 is 2.65 bits per heavy atom. The molecule has 1 atom stereocenters. The predicted octanol–water partition coefficient (Wildman–Crippen LogP) is 3.36. The summed E-state index contributed by atoms with van der Waals surface area (Å²) in [5, 5.41) is 19.1. The van der Waals surface area contributed by atoms with Crippen LogP contribution in [0.5, 0.6) is 5.88 Å². The molecule has 0 saturated carbocycles. The van der Waals surface area contributed by atoms with Gasteiger partial charge in [0.1, 0.15) is 5.56 Å². The molecular weight excluding hydrogens is 494 g/mol. The van der Waals surface area contributed by atoms with Crippen LogP contribution in [0.4, 0.5) is 4.79 Å². The molecule has 3 amide bonds. The number of urea groups is 1. The number of carboxylic acid groups (broad SMARTS) is 1. The maximum atomic E-state index is 12.9. The molecule has 3 heterocycles. The fourth-order valence-electron chi connectivity index (χ4n) is 4.66. The quantitative estimate of drug-likeness (QED) is 0.406. The number of aromatic carboxylic acids is 1. The van der Waals surface area contributed by atoms with Gasteiger partial charge in [-0.1, -0.05) is 0 Å². The monoisotopic (exact) mass is 531 g/mol. The summed E-state index contributed by atoms with van der Waals surface area (Å²) >= 11 is 1.63. The van der Waals surface area contributed by atoms with Crippen molar-refractivity contribution in [1.29, 1.82) is 0 Å². The number of aromatic nitrogens is 1. The van der Waals surface area contributed by atoms with Crippen LogP contribution in [0.2, 0.25) is 0 Å². The minimum atomic E-state index is -1.17. The van der Waals surface area contributed by atoms with Crippen molar-refractivity contribution in [3.8, 4) is 5.88 Å². The van der Waals surface area contributed by atoms with Gasteiger partial charge < -0.3 is 30.3 Å². The SMILES string of the molecule is CCOc1nc(C(=O)O)cc(C)c1C(=O)NCCC(C)N1CCC(N(Cc2ccsc2)C(=O)NC)CC1. The number of hydrogen-bond acceptors (Lipinski definition) is 7. The van der Waals surface area contributed by atoms with Crippen molar-refractivity contribution < 1.29 is 24.2 Å². The molecule has 0 bridgehead atoms. The van der Waals surface area contributed by atoms with Gasteiger partial charge in [-0.25, -0.2) is 14.6 Å². The summed E-state index contributed by atoms with van der Waals surface area (Å²) in [7, 11) is 1.67. The zero-order valence-electron chi connectivity index (χ0n) is 22.0. The van der Waals surface area contributed by atoms with Crippen LogP contribution in [-0.2, 0) is 6.54 Å². The number of amides is 3. The highest BCUT2D eigenvalue weighted by atomic mass is 32.1. The summed E-state index contributed by atoms with van der Waals surface area (Å²) in [6, 6.07) is 3.83. The molecule has 3 N–H and O–H groups in total. The first-order valence-corrected chi connectivity index (χ1v) is 13.6. The molecule has 0 radical (unpaired) electrons. The van der Waals surface area contributed by atoms with Gasteiger partial charge in [0, 0.05) is 45.3 Å². The van der Waals surface area contributed by atoms with Crippen molar-refractivity contribution in [2.45, 2.75) is 58.7 Å². The number of thiophene rings is 1. The average molecular weight is 532 g/mol. The number of ether oxygens (including phenoxy) is 1. The highest BCUT2D eigenvalue weighted by Gasteiger charge is 2.29. The molecule has 1 fully saturated rings. The fraction of sp³-hybridized carbons (Fsp3) is 0.538. The highest BCUT2D eigenvalue weighted by Crippen LogP contribution is 2.23. The second kappa shape index (κ2) is 13.4. The lowest BCUT2D eigenvalue weighted by Gasteiger charge is -2.40. The number of carboxylic acids is 1. The fourth-order valence-corrected chi connectivity index (χ4v) is 5.32. The van der Waals surface area contributed by atoms with Gasteiger partial charge in [0.2, 0.25) is 5.88 Å². The van der Waals surface area contributed by atoms with E-state index in [1.54, 1.807) is 32.2 Å². The van der Waals surface area contributed by atoms with E-state index in [0.717, 1.165) is 37.9 Å². The maximum Gasteiger partial charge on any atom is 0.354 e. The van der Waals surface area contributed by atoms with Gasteiger partial charge >= 0.3 is 12.0 Å². The second-order valence-electron chi connectivity index (χ2n) is 9.22. The molecule has 1 saturated heterocycles. The zero-order valence-corrected chi connectivity index (χ0v) is 22.8. The Bertz CT molecular complexity index is 1070. The van der Waals surface area contributed by atoms with Gasteiger partial charge in [-0.15, -0.1) is 0 Å². The maximum absolute atomic E-state index is 12.9. The van der Waals surface area contributed by atoms with E-state index in [-0.39, 0.29) is 47.8 Å². The van der Waals surface area contributed by atoms with Crippen molar-refractivity contribution in [1.82, 2.24) is 25.4 Å². The normalized spacial score (nSPS) is 15.1. The van der Waals surface area contributed by atoms with Crippen LogP contribution in [0.25, 0.3) is 0 Å². The van der Waals surface area contributed by atoms with E-state index in [0.29, 0.717) is 18.7 Å². The lowest BCUT2D eigenvalue weighted by atomic mass is 10.0. The first kappa shape index (κ1) is 28.4. The Hall–Kier alpha value is -3.18. The molecule has 1 unspecified atom stereocenters. The van der Waals surface area contributed by atoms with Crippen molar-refractivity contribution in [2.24, 2.45) is 0 Å². The van der Waals surface area contributed by atoms with E-state index in [2.05, 4.69) is 38.9 Å². The molecule has 0 spiro atoms. The summed E-state index contributed by atoms with van der Waals surface area (Å²) in [6.45, 7) is 8.69. The molecule has 1 aliphatic heterocycles. The molecular formula is C26H37N5O5S. The van der Waals surface area contributed by atoms with Crippen molar-refractivity contribution >= 4 is 29.2 Å². The van der Waals surface area contributed by atoms with Gasteiger partial charge in [-0.2, -0.15) is 11.3 Å². The van der Waals surface area contributed by atoms with E-state index in [1.807, 2.05) is 10.3 Å².